The molecule has 0 aromatic heterocycles. The summed E-state index contributed by atoms with van der Waals surface area (Å²) in [6, 6.07) is 0. The molecule has 1 aliphatic rings. The van der Waals surface area contributed by atoms with Gasteiger partial charge in [-0.15, -0.1) is 12.4 Å². The van der Waals surface area contributed by atoms with Gasteiger partial charge in [0, 0.05) is 6.42 Å². The van der Waals surface area contributed by atoms with Gasteiger partial charge < -0.3 is 5.73 Å². The van der Waals surface area contributed by atoms with Gasteiger partial charge in [0.25, 0.3) is 0 Å². The van der Waals surface area contributed by atoms with Gasteiger partial charge in [0.05, 0.1) is 5.84 Å². The predicted octanol–water partition coefficient (Wildman–Crippen LogP) is 1.14. The van der Waals surface area contributed by atoms with E-state index in [1.165, 1.54) is 12.8 Å². The number of hydrogen-bond donors (Lipinski definition) is 2. The Morgan fingerprint density at radius 3 is 2.25 bits per heavy atom. The Morgan fingerprint density at radius 1 is 1.62 bits per heavy atom. The van der Waals surface area contributed by atoms with Crippen molar-refractivity contribution in [2.45, 2.75) is 19.3 Å². The third-order valence-corrected chi connectivity index (χ3v) is 1.21. The van der Waals surface area contributed by atoms with Crippen molar-refractivity contribution in [1.29, 1.82) is 5.41 Å². The number of nitrogens with one attached hydrogen (secondary N) is 1. The highest BCUT2D eigenvalue weighted by molar-refractivity contribution is 5.85. The maximum atomic E-state index is 6.84. The number of hydrogen-bond acceptors (Lipinski definition) is 1. The van der Waals surface area contributed by atoms with Gasteiger partial charge in [-0.1, -0.05) is 0 Å². The van der Waals surface area contributed by atoms with E-state index in [0.717, 1.165) is 12.3 Å². The van der Waals surface area contributed by atoms with Crippen molar-refractivity contribution in [3.63, 3.8) is 0 Å². The minimum atomic E-state index is 0. The van der Waals surface area contributed by atoms with Crippen LogP contribution >= 0.6 is 12.4 Å². The first-order valence-electron chi connectivity index (χ1n) is 2.62. The zero-order valence-electron chi connectivity index (χ0n) is 4.68. The van der Waals surface area contributed by atoms with Gasteiger partial charge in [-0.2, -0.15) is 0 Å². The first-order chi connectivity index (χ1) is 3.29. The van der Waals surface area contributed by atoms with Gasteiger partial charge in [0.15, 0.2) is 0 Å². The summed E-state index contributed by atoms with van der Waals surface area (Å²) in [4.78, 5) is 0. The van der Waals surface area contributed by atoms with Crippen molar-refractivity contribution in [3.8, 4) is 0 Å². The van der Waals surface area contributed by atoms with E-state index in [1.54, 1.807) is 0 Å². The molecule has 1 fully saturated rings. The Morgan fingerprint density at radius 2 is 2.12 bits per heavy atom. The van der Waals surface area contributed by atoms with E-state index in [-0.39, 0.29) is 12.4 Å². The zero-order valence-corrected chi connectivity index (χ0v) is 5.50. The quantitative estimate of drug-likeness (QED) is 0.432. The van der Waals surface area contributed by atoms with Crippen LogP contribution in [0.15, 0.2) is 0 Å². The molecule has 48 valence electrons. The minimum absolute atomic E-state index is 0. The highest BCUT2D eigenvalue weighted by Crippen LogP contribution is 2.31. The molecule has 0 radical (unpaired) electrons. The summed E-state index contributed by atoms with van der Waals surface area (Å²) in [5.41, 5.74) is 5.12. The van der Waals surface area contributed by atoms with Gasteiger partial charge in [-0.25, -0.2) is 0 Å². The second-order valence-electron chi connectivity index (χ2n) is 2.17. The molecule has 0 unspecified atom stereocenters. The van der Waals surface area contributed by atoms with Crippen LogP contribution in [0.3, 0.4) is 0 Å². The van der Waals surface area contributed by atoms with Crippen molar-refractivity contribution in [1.82, 2.24) is 0 Å². The Balaban J connectivity index is 0.000000490. The molecule has 0 heterocycles. The normalized spacial score (nSPS) is 17.0. The molecule has 1 aliphatic carbocycles. The fourth-order valence-corrected chi connectivity index (χ4v) is 0.633. The summed E-state index contributed by atoms with van der Waals surface area (Å²) in [6.45, 7) is 0. The van der Waals surface area contributed by atoms with Crippen LogP contribution in [0.1, 0.15) is 19.3 Å². The van der Waals surface area contributed by atoms with Crippen LogP contribution in [-0.2, 0) is 0 Å². The van der Waals surface area contributed by atoms with Gasteiger partial charge in [0.2, 0.25) is 0 Å². The summed E-state index contributed by atoms with van der Waals surface area (Å²) in [6.07, 6.45) is 3.42. The second kappa shape index (κ2) is 2.92. The standard InChI is InChI=1S/C5H10N2.ClH/c6-5(7)3-4-1-2-4;/h4H,1-3H2,(H3,6,7);1H. The molecule has 1 saturated carbocycles. The van der Waals surface area contributed by atoms with Crippen LogP contribution in [0.5, 0.6) is 0 Å². The Hall–Kier alpha value is -0.240. The van der Waals surface area contributed by atoms with E-state index >= 15 is 0 Å². The maximum Gasteiger partial charge on any atom is 0.0908 e. The fraction of sp³-hybridized carbons (Fsp3) is 0.800. The SMILES string of the molecule is Cl.N=C(N)CC1CC1. The lowest BCUT2D eigenvalue weighted by atomic mass is 10.3. The van der Waals surface area contributed by atoms with E-state index in [4.69, 9.17) is 11.1 Å². The van der Waals surface area contributed by atoms with Crippen molar-refractivity contribution in [2.24, 2.45) is 11.7 Å². The molecule has 0 spiro atoms. The monoisotopic (exact) mass is 134 g/mol. The summed E-state index contributed by atoms with van der Waals surface area (Å²) in [7, 11) is 0. The van der Waals surface area contributed by atoms with E-state index < -0.39 is 0 Å². The molecule has 2 nitrogen and oxygen atoms in total. The van der Waals surface area contributed by atoms with Crippen LogP contribution < -0.4 is 5.73 Å². The molecule has 0 saturated heterocycles. The van der Waals surface area contributed by atoms with Crippen LogP contribution in [0.2, 0.25) is 0 Å². The number of nitrogens with two attached hydrogens (primary N) is 1. The summed E-state index contributed by atoms with van der Waals surface area (Å²) >= 11 is 0. The van der Waals surface area contributed by atoms with Crippen LogP contribution in [0.25, 0.3) is 0 Å². The van der Waals surface area contributed by atoms with Crippen molar-refractivity contribution in [2.75, 3.05) is 0 Å². The van der Waals surface area contributed by atoms with Crippen LogP contribution in [-0.4, -0.2) is 5.84 Å². The van der Waals surface area contributed by atoms with E-state index in [2.05, 4.69) is 0 Å². The number of rotatable bonds is 2. The van der Waals surface area contributed by atoms with Crippen molar-refractivity contribution >= 4 is 18.2 Å². The van der Waals surface area contributed by atoms with Gasteiger partial charge in [0.1, 0.15) is 0 Å². The molecule has 8 heavy (non-hydrogen) atoms. The summed E-state index contributed by atoms with van der Waals surface area (Å²) < 4.78 is 0. The van der Waals surface area contributed by atoms with Crippen molar-refractivity contribution < 1.29 is 0 Å². The lowest BCUT2D eigenvalue weighted by Gasteiger charge is -1.88. The summed E-state index contributed by atoms with van der Waals surface area (Å²) in [5, 5.41) is 6.84. The van der Waals surface area contributed by atoms with E-state index in [1.807, 2.05) is 0 Å². The Labute approximate surface area is 55.4 Å². The maximum absolute atomic E-state index is 6.84. The second-order valence-corrected chi connectivity index (χ2v) is 2.17. The molecule has 0 atom stereocenters. The van der Waals surface area contributed by atoms with Gasteiger partial charge >= 0.3 is 0 Å². The minimum Gasteiger partial charge on any atom is -0.388 e. The third kappa shape index (κ3) is 2.86. The van der Waals surface area contributed by atoms with Crippen LogP contribution in [0, 0.1) is 11.3 Å². The average Bonchev–Trinajstić information content (AvgIpc) is 2.17. The lowest BCUT2D eigenvalue weighted by molar-refractivity contribution is 0.882. The molecule has 1 rings (SSSR count). The van der Waals surface area contributed by atoms with Crippen LogP contribution in [0.4, 0.5) is 0 Å². The number of halogens is 1. The molecule has 0 aromatic carbocycles. The zero-order chi connectivity index (χ0) is 5.28. The van der Waals surface area contributed by atoms with Gasteiger partial charge in [-0.05, 0) is 18.8 Å². The Kier molecular flexibility index (Phi) is 2.84. The molecular formula is C5H11ClN2. The van der Waals surface area contributed by atoms with E-state index in [0.29, 0.717) is 5.84 Å². The molecule has 0 bridgehead atoms. The summed E-state index contributed by atoms with van der Waals surface area (Å²) in [5.74, 6) is 1.13. The third-order valence-electron chi connectivity index (χ3n) is 1.21. The van der Waals surface area contributed by atoms with Crippen molar-refractivity contribution in [3.05, 3.63) is 0 Å². The molecule has 0 aliphatic heterocycles. The molecule has 0 aromatic rings. The first-order valence-corrected chi connectivity index (χ1v) is 2.62. The number of amidine groups is 1. The predicted molar refractivity (Wildman–Crippen MR) is 36.5 cm³/mol. The van der Waals surface area contributed by atoms with Gasteiger partial charge in [-0.3, -0.25) is 5.41 Å². The first kappa shape index (κ1) is 7.76. The smallest absolute Gasteiger partial charge is 0.0908 e. The molecule has 0 amide bonds. The fourth-order valence-electron chi connectivity index (χ4n) is 0.633. The average molecular weight is 135 g/mol. The molecular weight excluding hydrogens is 124 g/mol. The highest BCUT2D eigenvalue weighted by Gasteiger charge is 2.21. The Bertz CT molecular complexity index is 88.4. The highest BCUT2D eigenvalue weighted by atomic mass is 35.5. The topological polar surface area (TPSA) is 49.9 Å². The van der Waals surface area contributed by atoms with E-state index in [9.17, 15) is 0 Å². The largest absolute Gasteiger partial charge is 0.388 e. The molecule has 3 heteroatoms. The lowest BCUT2D eigenvalue weighted by Crippen LogP contribution is -2.09. The molecule has 3 N–H and O–H groups in total.